The molecule has 0 N–H and O–H groups in total. The molecule has 1 aromatic rings. The van der Waals surface area contributed by atoms with Gasteiger partial charge in [-0.05, 0) is 23.3 Å². The summed E-state index contributed by atoms with van der Waals surface area (Å²) in [4.78, 5) is 0. The Kier molecular flexibility index (Phi) is 2.06. The lowest BCUT2D eigenvalue weighted by Gasteiger charge is -1.96. The Morgan fingerprint density at radius 2 is 1.27 bits per heavy atom. The second kappa shape index (κ2) is 3.54. The molecule has 1 aromatic carbocycles. The van der Waals surface area contributed by atoms with E-state index in [0.29, 0.717) is 17.8 Å². The maximum absolute atomic E-state index is 2.34. The molecule has 0 bridgehead atoms. The van der Waals surface area contributed by atoms with Crippen molar-refractivity contribution in [2.75, 3.05) is 0 Å². The van der Waals surface area contributed by atoms with Crippen LogP contribution in [0.25, 0.3) is 0 Å². The zero-order chi connectivity index (χ0) is 10.1. The van der Waals surface area contributed by atoms with Crippen LogP contribution in [-0.4, -0.2) is 0 Å². The van der Waals surface area contributed by atoms with Gasteiger partial charge in [0.1, 0.15) is 0 Å². The van der Waals surface area contributed by atoms with E-state index in [1.54, 1.807) is 0 Å². The van der Waals surface area contributed by atoms with Crippen molar-refractivity contribution in [3.8, 4) is 0 Å². The van der Waals surface area contributed by atoms with Gasteiger partial charge in [0.05, 0.1) is 0 Å². The highest BCUT2D eigenvalue weighted by Crippen LogP contribution is 2.55. The summed E-state index contributed by atoms with van der Waals surface area (Å²) in [5, 5.41) is 0. The zero-order valence-electron chi connectivity index (χ0n) is 8.58. The molecule has 0 heteroatoms. The predicted molar refractivity (Wildman–Crippen MR) is 63.6 cm³/mol. The Labute approximate surface area is 90.6 Å². The number of rotatable bonds is 1. The molecule has 0 spiro atoms. The van der Waals surface area contributed by atoms with Gasteiger partial charge < -0.3 is 0 Å². The zero-order valence-corrected chi connectivity index (χ0v) is 8.58. The van der Waals surface area contributed by atoms with Crippen LogP contribution in [-0.2, 0) is 0 Å². The largest absolute Gasteiger partial charge is 0.0802 e. The average Bonchev–Trinajstić information content (AvgIpc) is 2.91. The van der Waals surface area contributed by atoms with E-state index >= 15 is 0 Å². The molecular formula is C15H14. The Morgan fingerprint density at radius 1 is 0.667 bits per heavy atom. The first kappa shape index (κ1) is 8.72. The molecule has 0 aromatic heterocycles. The van der Waals surface area contributed by atoms with Crippen LogP contribution in [0.4, 0.5) is 0 Å². The van der Waals surface area contributed by atoms with E-state index in [1.165, 1.54) is 5.56 Å². The lowest BCUT2D eigenvalue weighted by Crippen LogP contribution is -1.80. The van der Waals surface area contributed by atoms with Crippen LogP contribution in [0, 0.1) is 11.8 Å². The minimum atomic E-state index is 0.707. The summed E-state index contributed by atoms with van der Waals surface area (Å²) in [6.45, 7) is 0. The second-order valence-corrected chi connectivity index (χ2v) is 4.25. The molecule has 0 amide bonds. The molecule has 3 atom stereocenters. The van der Waals surface area contributed by atoms with Crippen molar-refractivity contribution in [2.45, 2.75) is 5.92 Å². The minimum absolute atomic E-state index is 0.707. The monoisotopic (exact) mass is 194 g/mol. The molecule has 0 nitrogen and oxygen atoms in total. The van der Waals surface area contributed by atoms with E-state index in [9.17, 15) is 0 Å². The van der Waals surface area contributed by atoms with Crippen molar-refractivity contribution in [3.05, 3.63) is 72.4 Å². The van der Waals surface area contributed by atoms with Crippen LogP contribution < -0.4 is 0 Å². The summed E-state index contributed by atoms with van der Waals surface area (Å²) >= 11 is 0. The van der Waals surface area contributed by atoms with E-state index < -0.39 is 0 Å². The van der Waals surface area contributed by atoms with Gasteiger partial charge in [-0.2, -0.15) is 0 Å². The minimum Gasteiger partial charge on any atom is -0.0802 e. The average molecular weight is 194 g/mol. The molecule has 15 heavy (non-hydrogen) atoms. The van der Waals surface area contributed by atoms with Crippen LogP contribution in [0.2, 0.25) is 0 Å². The predicted octanol–water partition coefficient (Wildman–Crippen LogP) is 3.70. The van der Waals surface area contributed by atoms with Crippen molar-refractivity contribution in [1.82, 2.24) is 0 Å². The maximum Gasteiger partial charge on any atom is -0.00241 e. The fraction of sp³-hybridized carbons (Fsp3) is 0.200. The van der Waals surface area contributed by atoms with Gasteiger partial charge in [0.25, 0.3) is 0 Å². The van der Waals surface area contributed by atoms with Gasteiger partial charge in [0.2, 0.25) is 0 Å². The van der Waals surface area contributed by atoms with Crippen LogP contribution in [0.1, 0.15) is 11.5 Å². The molecule has 2 aliphatic rings. The SMILES string of the molecule is C1=C\C=C/[C@H]2C(c3ccccc3)[C@H]2\C=C/1. The van der Waals surface area contributed by atoms with Crippen LogP contribution >= 0.6 is 0 Å². The summed E-state index contributed by atoms with van der Waals surface area (Å²) in [7, 11) is 0. The van der Waals surface area contributed by atoms with Crippen LogP contribution in [0.15, 0.2) is 66.8 Å². The standard InChI is InChI=1S/C15H14/c1-2-7-11-14-13(10-6-1)15(14)12-8-4-3-5-9-12/h1-11,13-15H/b2-1-,10-6-,11-7-/t13-,14+,15?. The van der Waals surface area contributed by atoms with Crippen LogP contribution in [0.5, 0.6) is 0 Å². The van der Waals surface area contributed by atoms with Gasteiger partial charge in [-0.1, -0.05) is 66.8 Å². The van der Waals surface area contributed by atoms with Gasteiger partial charge in [-0.25, -0.2) is 0 Å². The number of hydrogen-bond donors (Lipinski definition) is 0. The first-order valence-corrected chi connectivity index (χ1v) is 5.53. The highest BCUT2D eigenvalue weighted by Gasteiger charge is 2.47. The topological polar surface area (TPSA) is 0 Å². The van der Waals surface area contributed by atoms with Crippen molar-refractivity contribution < 1.29 is 0 Å². The third kappa shape index (κ3) is 1.56. The number of hydrogen-bond acceptors (Lipinski definition) is 0. The van der Waals surface area contributed by atoms with Gasteiger partial charge in [-0.3, -0.25) is 0 Å². The first-order valence-electron chi connectivity index (χ1n) is 5.53. The summed E-state index contributed by atoms with van der Waals surface area (Å²) in [6, 6.07) is 10.8. The van der Waals surface area contributed by atoms with Crippen molar-refractivity contribution in [2.24, 2.45) is 11.8 Å². The van der Waals surface area contributed by atoms with Crippen molar-refractivity contribution >= 4 is 0 Å². The van der Waals surface area contributed by atoms with Gasteiger partial charge in [-0.15, -0.1) is 0 Å². The Morgan fingerprint density at radius 3 is 1.87 bits per heavy atom. The van der Waals surface area contributed by atoms with Crippen molar-refractivity contribution in [1.29, 1.82) is 0 Å². The van der Waals surface area contributed by atoms with Crippen LogP contribution in [0.3, 0.4) is 0 Å². The lowest BCUT2D eigenvalue weighted by atomic mass is 10.1. The van der Waals surface area contributed by atoms with E-state index in [1.807, 2.05) is 0 Å². The highest BCUT2D eigenvalue weighted by molar-refractivity contribution is 5.36. The third-order valence-electron chi connectivity index (χ3n) is 3.32. The van der Waals surface area contributed by atoms with Crippen molar-refractivity contribution in [3.63, 3.8) is 0 Å². The Bertz CT molecular complexity index is 401. The number of fused-ring (bicyclic) bond motifs is 1. The van der Waals surface area contributed by atoms with Gasteiger partial charge in [0, 0.05) is 0 Å². The highest BCUT2D eigenvalue weighted by atomic mass is 14.5. The fourth-order valence-corrected chi connectivity index (χ4v) is 2.49. The first-order chi connectivity index (χ1) is 7.47. The molecule has 0 saturated heterocycles. The second-order valence-electron chi connectivity index (χ2n) is 4.25. The molecule has 1 fully saturated rings. The fourth-order valence-electron chi connectivity index (χ4n) is 2.49. The summed E-state index contributed by atoms with van der Waals surface area (Å²) in [6.07, 6.45) is 13.2. The lowest BCUT2D eigenvalue weighted by molar-refractivity contribution is 0.993. The smallest absolute Gasteiger partial charge is 0.00241 e. The Hall–Kier alpha value is -1.56. The number of benzene rings is 1. The van der Waals surface area contributed by atoms with E-state index in [-0.39, 0.29) is 0 Å². The molecule has 74 valence electrons. The maximum atomic E-state index is 2.34. The van der Waals surface area contributed by atoms with E-state index in [0.717, 1.165) is 0 Å². The quantitative estimate of drug-likeness (QED) is 0.639. The summed E-state index contributed by atoms with van der Waals surface area (Å²) in [5.74, 6) is 2.14. The number of allylic oxidation sites excluding steroid dienone is 6. The van der Waals surface area contributed by atoms with E-state index in [4.69, 9.17) is 0 Å². The molecule has 1 saturated carbocycles. The van der Waals surface area contributed by atoms with Gasteiger partial charge in [0.15, 0.2) is 0 Å². The summed E-state index contributed by atoms with van der Waals surface area (Å²) < 4.78 is 0. The summed E-state index contributed by atoms with van der Waals surface area (Å²) in [5.41, 5.74) is 1.48. The van der Waals surface area contributed by atoms with Gasteiger partial charge >= 0.3 is 0 Å². The molecule has 3 rings (SSSR count). The van der Waals surface area contributed by atoms with E-state index in [2.05, 4.69) is 66.8 Å². The molecule has 2 aliphatic carbocycles. The third-order valence-corrected chi connectivity index (χ3v) is 3.32. The molecule has 0 heterocycles. The molecule has 0 aliphatic heterocycles. The molecule has 0 radical (unpaired) electrons. The molecule has 1 unspecified atom stereocenters. The normalized spacial score (nSPS) is 38.3. The molecular weight excluding hydrogens is 180 g/mol. The Balaban J connectivity index is 1.88.